The number of ether oxygens (including phenoxy) is 2. The summed E-state index contributed by atoms with van der Waals surface area (Å²) in [6.07, 6.45) is 3.44. The van der Waals surface area contributed by atoms with Crippen molar-refractivity contribution in [1.29, 1.82) is 0 Å². The molecule has 2 saturated heterocycles. The Morgan fingerprint density at radius 3 is 2.24 bits per heavy atom. The van der Waals surface area contributed by atoms with Crippen molar-refractivity contribution in [3.8, 4) is 5.75 Å². The quantitative estimate of drug-likeness (QED) is 0.232. The zero-order valence-corrected chi connectivity index (χ0v) is 26.8. The predicted octanol–water partition coefficient (Wildman–Crippen LogP) is 5.43. The lowest BCUT2D eigenvalue weighted by Crippen LogP contribution is -2.72. The Bertz CT molecular complexity index is 1430. The normalized spacial score (nSPS) is 17.8. The number of hydrogen-bond acceptors (Lipinski definition) is 6. The van der Waals surface area contributed by atoms with Crippen molar-refractivity contribution in [3.63, 3.8) is 0 Å². The van der Waals surface area contributed by atoms with E-state index in [0.717, 1.165) is 35.4 Å². The zero-order valence-electron chi connectivity index (χ0n) is 26.8. The summed E-state index contributed by atoms with van der Waals surface area (Å²) in [6.45, 7) is 5.93. The summed E-state index contributed by atoms with van der Waals surface area (Å²) < 4.78 is 11.4. The van der Waals surface area contributed by atoms with Gasteiger partial charge in [-0.25, -0.2) is 4.79 Å². The molecule has 9 nitrogen and oxygen atoms in total. The Balaban J connectivity index is 1.09. The molecular formula is C37H46N4O5. The van der Waals surface area contributed by atoms with Gasteiger partial charge in [-0.05, 0) is 55.7 Å². The van der Waals surface area contributed by atoms with Crippen molar-refractivity contribution in [2.24, 2.45) is 0 Å². The number of nitrogens with zero attached hydrogens (tertiary/aromatic N) is 2. The van der Waals surface area contributed by atoms with Crippen molar-refractivity contribution in [2.45, 2.75) is 76.8 Å². The summed E-state index contributed by atoms with van der Waals surface area (Å²) in [5.41, 5.74) is 2.35. The minimum absolute atomic E-state index is 0.00443. The average Bonchev–Trinajstić information content (AvgIpc) is 3.09. The minimum atomic E-state index is -0.812. The minimum Gasteiger partial charge on any atom is -0.489 e. The number of nitrogens with one attached hydrogen (secondary N) is 2. The van der Waals surface area contributed by atoms with E-state index >= 15 is 0 Å². The Morgan fingerprint density at radius 2 is 1.54 bits per heavy atom. The highest BCUT2D eigenvalue weighted by Gasteiger charge is 2.53. The van der Waals surface area contributed by atoms with Gasteiger partial charge in [-0.15, -0.1) is 0 Å². The highest BCUT2D eigenvalue weighted by molar-refractivity contribution is 6.00. The van der Waals surface area contributed by atoms with Gasteiger partial charge >= 0.3 is 6.09 Å². The molecule has 244 valence electrons. The Hall–Kier alpha value is -4.37. The monoisotopic (exact) mass is 626 g/mol. The van der Waals surface area contributed by atoms with E-state index in [-0.39, 0.29) is 18.4 Å². The fourth-order valence-corrected chi connectivity index (χ4v) is 6.39. The zero-order chi connectivity index (χ0) is 32.2. The Labute approximate surface area is 272 Å². The van der Waals surface area contributed by atoms with E-state index in [2.05, 4.69) is 33.7 Å². The van der Waals surface area contributed by atoms with Gasteiger partial charge < -0.3 is 25.0 Å². The number of alkyl carbamates (subject to hydrolysis) is 1. The van der Waals surface area contributed by atoms with Crippen LogP contribution in [0.2, 0.25) is 0 Å². The predicted molar refractivity (Wildman–Crippen MR) is 177 cm³/mol. The molecule has 3 aromatic carbocycles. The van der Waals surface area contributed by atoms with Gasteiger partial charge in [-0.3, -0.25) is 14.5 Å². The van der Waals surface area contributed by atoms with Crippen LogP contribution in [-0.4, -0.2) is 65.5 Å². The number of carbonyl (C=O) groups is 3. The van der Waals surface area contributed by atoms with Crippen LogP contribution in [0.5, 0.6) is 5.75 Å². The number of carbonyl (C=O) groups excluding carboxylic acids is 3. The second kappa shape index (κ2) is 16.3. The standard InChI is InChI=1S/C37H46N4O5/c1-2-23-41-34(42)32(18-11-12-22-38-36(44)46-28-30-15-7-4-8-16-30)39-35(43)37(41)20-24-40(25-21-37)26-31-17-9-10-19-33(31)45-27-29-13-5-3-6-14-29/h3-10,13-17,19,32H,2,11-12,18,20-28H2,1H3,(H,38,44)(H,39,43)/t32-/m0/s1. The van der Waals surface area contributed by atoms with E-state index in [4.69, 9.17) is 9.47 Å². The number of para-hydroxylation sites is 1. The van der Waals surface area contributed by atoms with Crippen LogP contribution in [0.25, 0.3) is 0 Å². The average molecular weight is 627 g/mol. The van der Waals surface area contributed by atoms with Crippen LogP contribution in [0, 0.1) is 0 Å². The summed E-state index contributed by atoms with van der Waals surface area (Å²) in [5.74, 6) is 0.830. The van der Waals surface area contributed by atoms with E-state index < -0.39 is 17.7 Å². The van der Waals surface area contributed by atoms with Gasteiger partial charge in [-0.2, -0.15) is 0 Å². The molecule has 3 aromatic rings. The lowest BCUT2D eigenvalue weighted by molar-refractivity contribution is -0.161. The molecule has 0 unspecified atom stereocenters. The maximum atomic E-state index is 13.7. The number of unbranched alkanes of at least 4 members (excludes halogenated alkanes) is 1. The molecule has 46 heavy (non-hydrogen) atoms. The molecule has 2 aliphatic rings. The summed E-state index contributed by atoms with van der Waals surface area (Å²) in [5, 5.41) is 5.85. The lowest BCUT2D eigenvalue weighted by Gasteiger charge is -2.51. The first kappa shape index (κ1) is 33.0. The van der Waals surface area contributed by atoms with Gasteiger partial charge in [0.25, 0.3) is 0 Å². The van der Waals surface area contributed by atoms with E-state index in [1.54, 1.807) is 0 Å². The summed E-state index contributed by atoms with van der Waals surface area (Å²) in [4.78, 5) is 43.7. The molecule has 2 heterocycles. The van der Waals surface area contributed by atoms with E-state index in [0.29, 0.717) is 64.9 Å². The summed E-state index contributed by atoms with van der Waals surface area (Å²) >= 11 is 0. The molecule has 0 radical (unpaired) electrons. The van der Waals surface area contributed by atoms with Crippen LogP contribution >= 0.6 is 0 Å². The molecule has 0 aliphatic carbocycles. The molecule has 1 atom stereocenters. The molecule has 1 spiro atoms. The van der Waals surface area contributed by atoms with Crippen LogP contribution in [0.4, 0.5) is 4.79 Å². The van der Waals surface area contributed by atoms with Gasteiger partial charge in [0.2, 0.25) is 11.8 Å². The fourth-order valence-electron chi connectivity index (χ4n) is 6.39. The number of benzene rings is 3. The molecule has 0 bridgehead atoms. The van der Waals surface area contributed by atoms with Gasteiger partial charge in [0.05, 0.1) is 0 Å². The molecule has 0 saturated carbocycles. The SMILES string of the molecule is CCCN1C(=O)[C@H](CCCCNC(=O)OCc2ccccc2)NC(=O)C12CCN(Cc1ccccc1OCc1ccccc1)CC2. The van der Waals surface area contributed by atoms with E-state index in [1.165, 1.54) is 0 Å². The van der Waals surface area contributed by atoms with E-state index in [1.807, 2.05) is 78.6 Å². The van der Waals surface area contributed by atoms with Gasteiger partial charge in [0.15, 0.2) is 0 Å². The van der Waals surface area contributed by atoms with Crippen molar-refractivity contribution in [1.82, 2.24) is 20.4 Å². The second-order valence-electron chi connectivity index (χ2n) is 12.2. The molecule has 9 heteroatoms. The molecule has 2 fully saturated rings. The molecule has 5 rings (SSSR count). The third-order valence-corrected chi connectivity index (χ3v) is 8.94. The fraction of sp³-hybridized carbons (Fsp3) is 0.432. The third kappa shape index (κ3) is 8.46. The molecule has 2 N–H and O–H groups in total. The van der Waals surface area contributed by atoms with Crippen LogP contribution in [-0.2, 0) is 34.1 Å². The first-order valence-corrected chi connectivity index (χ1v) is 16.5. The van der Waals surface area contributed by atoms with Crippen molar-refractivity contribution in [3.05, 3.63) is 102 Å². The number of piperazine rings is 1. The van der Waals surface area contributed by atoms with Crippen LogP contribution < -0.4 is 15.4 Å². The molecular weight excluding hydrogens is 580 g/mol. The van der Waals surface area contributed by atoms with Crippen molar-refractivity contribution >= 4 is 17.9 Å². The smallest absolute Gasteiger partial charge is 0.407 e. The van der Waals surface area contributed by atoms with Gasteiger partial charge in [0.1, 0.15) is 30.5 Å². The number of piperidine rings is 1. The van der Waals surface area contributed by atoms with Crippen molar-refractivity contribution in [2.75, 3.05) is 26.2 Å². The second-order valence-corrected chi connectivity index (χ2v) is 12.2. The molecule has 3 amide bonds. The largest absolute Gasteiger partial charge is 0.489 e. The maximum absolute atomic E-state index is 13.7. The number of likely N-dealkylation sites (tertiary alicyclic amines) is 1. The number of hydrogen-bond donors (Lipinski definition) is 2. The third-order valence-electron chi connectivity index (χ3n) is 8.94. The first-order valence-electron chi connectivity index (χ1n) is 16.5. The molecule has 0 aromatic heterocycles. The first-order chi connectivity index (χ1) is 22.5. The van der Waals surface area contributed by atoms with Gasteiger partial charge in [-0.1, -0.05) is 85.8 Å². The lowest BCUT2D eigenvalue weighted by atomic mass is 9.81. The maximum Gasteiger partial charge on any atom is 0.407 e. The van der Waals surface area contributed by atoms with Gasteiger partial charge in [0, 0.05) is 38.3 Å². The summed E-state index contributed by atoms with van der Waals surface area (Å²) in [6, 6.07) is 27.2. The van der Waals surface area contributed by atoms with Crippen LogP contribution in [0.1, 0.15) is 62.1 Å². The Morgan fingerprint density at radius 1 is 0.891 bits per heavy atom. The topological polar surface area (TPSA) is 100 Å². The highest BCUT2D eigenvalue weighted by Crippen LogP contribution is 2.35. The van der Waals surface area contributed by atoms with Crippen molar-refractivity contribution < 1.29 is 23.9 Å². The number of amides is 3. The highest BCUT2D eigenvalue weighted by atomic mass is 16.5. The Kier molecular flexibility index (Phi) is 11.7. The van der Waals surface area contributed by atoms with Crippen LogP contribution in [0.15, 0.2) is 84.9 Å². The van der Waals surface area contributed by atoms with E-state index in [9.17, 15) is 14.4 Å². The number of rotatable bonds is 14. The van der Waals surface area contributed by atoms with Crippen LogP contribution in [0.3, 0.4) is 0 Å². The summed E-state index contributed by atoms with van der Waals surface area (Å²) in [7, 11) is 0. The molecule has 2 aliphatic heterocycles.